The van der Waals surface area contributed by atoms with Crippen LogP contribution < -0.4 is 11.1 Å². The summed E-state index contributed by atoms with van der Waals surface area (Å²) in [5, 5.41) is 5.83. The Labute approximate surface area is 382 Å². The lowest BCUT2D eigenvalue weighted by Gasteiger charge is -2.41. The summed E-state index contributed by atoms with van der Waals surface area (Å²) in [5.41, 5.74) is 25.6. The number of nitrogens with zero attached hydrogens (tertiary/aromatic N) is 1. The van der Waals surface area contributed by atoms with E-state index < -0.39 is 6.17 Å². The first-order valence-corrected chi connectivity index (χ1v) is 23.7. The smallest absolute Gasteiger partial charge is 0.142 e. The summed E-state index contributed by atoms with van der Waals surface area (Å²) in [6.07, 6.45) is 11.4. The van der Waals surface area contributed by atoms with Crippen LogP contribution in [0.3, 0.4) is 0 Å². The van der Waals surface area contributed by atoms with E-state index in [-0.39, 0.29) is 16.9 Å². The molecule has 3 N–H and O–H groups in total. The molecule has 0 radical (unpaired) electrons. The number of para-hydroxylation sites is 1. The third-order valence-electron chi connectivity index (χ3n) is 15.6. The maximum absolute atomic E-state index is 7.07. The number of amidine groups is 1. The normalized spacial score (nSPS) is 20.1. The Balaban J connectivity index is 0.861. The molecule has 0 aliphatic heterocycles. The standard InChI is InChI=1S/C61H55N3O/c1-38(39-24-26-41(27-25-39)40-16-7-4-8-17-40)63-59(42-18-9-5-10-19-42)64-58(62)48-22-15-21-47-51-34-43(29-31-56(51)65-57(47)48)44-28-30-46-49-37-55-50(36-54(49)60(2,3)53(46)35-44)45-20-11-12-23-52(45)61(55)32-13-6-14-33-61/h4-5,7-12,15-31,34-38,50,55,58H,6,13-14,32-33,62H2,1-3H3,(H,63,64). The van der Waals surface area contributed by atoms with Gasteiger partial charge in [0.2, 0.25) is 0 Å². The van der Waals surface area contributed by atoms with Crippen molar-refractivity contribution in [3.63, 3.8) is 0 Å². The zero-order chi connectivity index (χ0) is 43.9. The van der Waals surface area contributed by atoms with Gasteiger partial charge in [0.1, 0.15) is 23.2 Å². The van der Waals surface area contributed by atoms with Crippen molar-refractivity contribution in [1.29, 1.82) is 0 Å². The largest absolute Gasteiger partial charge is 0.456 e. The summed E-state index contributed by atoms with van der Waals surface area (Å²) in [6.45, 7) is 7.03. The van der Waals surface area contributed by atoms with Crippen LogP contribution in [-0.4, -0.2) is 5.84 Å². The third-order valence-corrected chi connectivity index (χ3v) is 15.6. The molecule has 0 amide bonds. The van der Waals surface area contributed by atoms with Crippen LogP contribution in [0.1, 0.15) is 110 Å². The summed E-state index contributed by atoms with van der Waals surface area (Å²) in [4.78, 5) is 5.18. The third kappa shape index (κ3) is 6.48. The predicted molar refractivity (Wildman–Crippen MR) is 269 cm³/mol. The van der Waals surface area contributed by atoms with E-state index in [0.29, 0.717) is 11.8 Å². The topological polar surface area (TPSA) is 63.5 Å². The summed E-state index contributed by atoms with van der Waals surface area (Å²) < 4.78 is 6.68. The van der Waals surface area contributed by atoms with E-state index in [0.717, 1.165) is 44.5 Å². The lowest BCUT2D eigenvalue weighted by molar-refractivity contribution is 0.233. The number of aliphatic imine (C=N–C) groups is 1. The van der Waals surface area contributed by atoms with Crippen LogP contribution in [0.5, 0.6) is 0 Å². The van der Waals surface area contributed by atoms with Crippen LogP contribution >= 0.6 is 0 Å². The molecule has 1 aromatic heterocycles. The van der Waals surface area contributed by atoms with Gasteiger partial charge in [-0.15, -0.1) is 0 Å². The molecule has 4 atom stereocenters. The molecular weight excluding hydrogens is 791 g/mol. The molecule has 4 unspecified atom stereocenters. The van der Waals surface area contributed by atoms with E-state index in [4.69, 9.17) is 15.1 Å². The van der Waals surface area contributed by atoms with Gasteiger partial charge < -0.3 is 15.5 Å². The van der Waals surface area contributed by atoms with E-state index in [9.17, 15) is 0 Å². The molecule has 4 aliphatic rings. The van der Waals surface area contributed by atoms with Crippen LogP contribution in [0.2, 0.25) is 0 Å². The molecule has 7 aromatic carbocycles. The van der Waals surface area contributed by atoms with Crippen molar-refractivity contribution in [1.82, 2.24) is 5.32 Å². The number of hydrogen-bond acceptors (Lipinski definition) is 3. The van der Waals surface area contributed by atoms with Gasteiger partial charge in [-0.25, -0.2) is 4.99 Å². The summed E-state index contributed by atoms with van der Waals surface area (Å²) in [5.74, 6) is 1.71. The number of hydrogen-bond donors (Lipinski definition) is 2. The second kappa shape index (κ2) is 15.5. The highest BCUT2D eigenvalue weighted by atomic mass is 16.3. The molecule has 4 aliphatic carbocycles. The average molecular weight is 846 g/mol. The second-order valence-electron chi connectivity index (χ2n) is 19.6. The van der Waals surface area contributed by atoms with Crippen molar-refractivity contribution < 1.29 is 4.42 Å². The van der Waals surface area contributed by atoms with Crippen molar-refractivity contribution in [3.05, 3.63) is 220 Å². The van der Waals surface area contributed by atoms with Crippen molar-refractivity contribution in [3.8, 4) is 22.3 Å². The maximum atomic E-state index is 7.07. The zero-order valence-electron chi connectivity index (χ0n) is 37.5. The molecule has 12 rings (SSSR count). The fraction of sp³-hybridized carbons (Fsp3) is 0.230. The Kier molecular flexibility index (Phi) is 9.47. The van der Waals surface area contributed by atoms with E-state index in [1.807, 2.05) is 30.3 Å². The Morgan fingerprint density at radius 2 is 1.35 bits per heavy atom. The van der Waals surface area contributed by atoms with Crippen LogP contribution in [0.15, 0.2) is 191 Å². The Morgan fingerprint density at radius 3 is 2.15 bits per heavy atom. The molecule has 0 bridgehead atoms. The fourth-order valence-electron chi connectivity index (χ4n) is 12.3. The molecule has 4 heteroatoms. The van der Waals surface area contributed by atoms with Crippen LogP contribution in [0.25, 0.3) is 49.8 Å². The van der Waals surface area contributed by atoms with Crippen LogP contribution in [0, 0.1) is 5.92 Å². The number of allylic oxidation sites excluding steroid dienone is 4. The molecule has 1 spiro atoms. The number of fused-ring (bicyclic) bond motifs is 11. The Bertz CT molecular complexity index is 3220. The molecule has 1 saturated carbocycles. The highest BCUT2D eigenvalue weighted by molar-refractivity contribution is 6.08. The minimum Gasteiger partial charge on any atom is -0.456 e. The molecule has 1 heterocycles. The van der Waals surface area contributed by atoms with Gasteiger partial charge in [0.25, 0.3) is 0 Å². The quantitative estimate of drug-likeness (QED) is 0.124. The monoisotopic (exact) mass is 845 g/mol. The van der Waals surface area contributed by atoms with Crippen molar-refractivity contribution in [2.24, 2.45) is 16.6 Å². The molecule has 320 valence electrons. The second-order valence-corrected chi connectivity index (χ2v) is 19.6. The number of nitrogens with one attached hydrogen (secondary N) is 1. The van der Waals surface area contributed by atoms with Crippen molar-refractivity contribution in [2.45, 2.75) is 81.8 Å². The first-order chi connectivity index (χ1) is 31.8. The van der Waals surface area contributed by atoms with E-state index >= 15 is 0 Å². The van der Waals surface area contributed by atoms with Gasteiger partial charge in [-0.2, -0.15) is 0 Å². The number of benzene rings is 7. The number of furan rings is 1. The van der Waals surface area contributed by atoms with Crippen LogP contribution in [0.4, 0.5) is 0 Å². The first-order valence-electron chi connectivity index (χ1n) is 23.7. The summed E-state index contributed by atoms with van der Waals surface area (Å²) in [6, 6.07) is 58.9. The summed E-state index contributed by atoms with van der Waals surface area (Å²) >= 11 is 0. The Hall–Kier alpha value is -6.75. The summed E-state index contributed by atoms with van der Waals surface area (Å²) in [7, 11) is 0. The predicted octanol–water partition coefficient (Wildman–Crippen LogP) is 14.9. The lowest BCUT2D eigenvalue weighted by Crippen LogP contribution is -2.35. The minimum absolute atomic E-state index is 0.0143. The van der Waals surface area contributed by atoms with Gasteiger partial charge in [-0.05, 0) is 105 Å². The van der Waals surface area contributed by atoms with E-state index in [2.05, 4.69) is 172 Å². The average Bonchev–Trinajstić information content (AvgIpc) is 3.93. The van der Waals surface area contributed by atoms with E-state index in [1.165, 1.54) is 76.6 Å². The van der Waals surface area contributed by atoms with Gasteiger partial charge in [-0.3, -0.25) is 0 Å². The maximum Gasteiger partial charge on any atom is 0.142 e. The van der Waals surface area contributed by atoms with Crippen molar-refractivity contribution in [2.75, 3.05) is 0 Å². The highest BCUT2D eigenvalue weighted by Gasteiger charge is 2.53. The minimum atomic E-state index is -0.666. The van der Waals surface area contributed by atoms with Gasteiger partial charge in [0.05, 0.1) is 0 Å². The highest BCUT2D eigenvalue weighted by Crippen LogP contribution is 2.64. The molecule has 8 aromatic rings. The number of nitrogens with two attached hydrogens (primary N) is 1. The van der Waals surface area contributed by atoms with Gasteiger partial charge in [0, 0.05) is 44.7 Å². The number of rotatable bonds is 7. The molecule has 65 heavy (non-hydrogen) atoms. The molecule has 4 nitrogen and oxygen atoms in total. The molecule has 0 saturated heterocycles. The fourth-order valence-corrected chi connectivity index (χ4v) is 12.3. The molecular formula is C61H55N3O. The van der Waals surface area contributed by atoms with E-state index in [1.54, 1.807) is 11.1 Å². The van der Waals surface area contributed by atoms with Gasteiger partial charge in [0.15, 0.2) is 0 Å². The zero-order valence-corrected chi connectivity index (χ0v) is 37.5. The molecule has 1 fully saturated rings. The van der Waals surface area contributed by atoms with Crippen molar-refractivity contribution >= 4 is 33.3 Å². The lowest BCUT2D eigenvalue weighted by atomic mass is 9.62. The van der Waals surface area contributed by atoms with Gasteiger partial charge in [-0.1, -0.05) is 191 Å². The Morgan fingerprint density at radius 1 is 0.662 bits per heavy atom. The SMILES string of the molecule is CC(NC(=NC(N)c1cccc2c1oc1ccc(-c3ccc4c(c3)C(C)(C)C3=CC5c6ccccc6C6(CCCCC6)C5C=C34)cc12)c1ccccc1)c1ccc(-c2ccccc2)cc1. The van der Waals surface area contributed by atoms with Crippen LogP contribution in [-0.2, 0) is 10.8 Å². The first kappa shape index (κ1) is 39.8. The van der Waals surface area contributed by atoms with Gasteiger partial charge >= 0.3 is 0 Å².